The van der Waals surface area contributed by atoms with E-state index in [-0.39, 0.29) is 12.1 Å². The van der Waals surface area contributed by atoms with E-state index >= 15 is 0 Å². The van der Waals surface area contributed by atoms with Crippen molar-refractivity contribution in [3.63, 3.8) is 0 Å². The summed E-state index contributed by atoms with van der Waals surface area (Å²) in [5, 5.41) is 4.08. The van der Waals surface area contributed by atoms with Crippen molar-refractivity contribution >= 4 is 17.3 Å². The van der Waals surface area contributed by atoms with Crippen LogP contribution in [-0.4, -0.2) is 51.6 Å². The molecule has 1 N–H and O–H groups in total. The van der Waals surface area contributed by atoms with Crippen molar-refractivity contribution in [2.45, 2.75) is 32.1 Å². The molecule has 34 heavy (non-hydrogen) atoms. The third-order valence-corrected chi connectivity index (χ3v) is 6.56. The van der Waals surface area contributed by atoms with Crippen LogP contribution in [0.15, 0.2) is 54.7 Å². The predicted octanol–water partition coefficient (Wildman–Crippen LogP) is 5.04. The average molecular weight is 488 g/mol. The van der Waals surface area contributed by atoms with E-state index in [1.54, 1.807) is 12.3 Å². The summed E-state index contributed by atoms with van der Waals surface area (Å²) in [5.74, 6) is 0. The number of nitrogens with zero attached hydrogens (tertiary/aromatic N) is 4. The van der Waals surface area contributed by atoms with Crippen molar-refractivity contribution < 1.29 is 13.2 Å². The van der Waals surface area contributed by atoms with E-state index in [1.807, 2.05) is 50.7 Å². The molecule has 0 aliphatic carbocycles. The molecule has 3 aromatic rings. The molecule has 180 valence electrons. The zero-order chi connectivity index (χ0) is 24.6. The molecule has 0 amide bonds. The first kappa shape index (κ1) is 24.2. The molecule has 0 bridgehead atoms. The lowest BCUT2D eigenvalue weighted by atomic mass is 9.96. The summed E-state index contributed by atoms with van der Waals surface area (Å²) in [6.07, 6.45) is -2.64. The Morgan fingerprint density at radius 2 is 1.85 bits per heavy atom. The zero-order valence-electron chi connectivity index (χ0n) is 19.6. The highest BCUT2D eigenvalue weighted by Crippen LogP contribution is 2.41. The molecular weight excluding hydrogens is 459 g/mol. The molecular formula is C25H28F3N5S. The number of rotatable bonds is 6. The Kier molecular flexibility index (Phi) is 6.69. The molecule has 5 nitrogen and oxygen atoms in total. The van der Waals surface area contributed by atoms with Crippen LogP contribution >= 0.6 is 12.2 Å². The molecule has 1 aromatic carbocycles. The third-order valence-electron chi connectivity index (χ3n) is 6.21. The number of halogens is 3. The minimum atomic E-state index is -4.40. The predicted molar refractivity (Wildman–Crippen MR) is 131 cm³/mol. The maximum absolute atomic E-state index is 13.4. The Labute approximate surface area is 203 Å². The van der Waals surface area contributed by atoms with E-state index < -0.39 is 11.7 Å². The molecule has 1 saturated heterocycles. The van der Waals surface area contributed by atoms with Gasteiger partial charge in [-0.2, -0.15) is 13.2 Å². The van der Waals surface area contributed by atoms with Crippen molar-refractivity contribution in [2.75, 3.05) is 27.2 Å². The lowest BCUT2D eigenvalue weighted by Crippen LogP contribution is -2.35. The fourth-order valence-electron chi connectivity index (χ4n) is 4.60. The quantitative estimate of drug-likeness (QED) is 0.493. The van der Waals surface area contributed by atoms with Gasteiger partial charge in [-0.1, -0.05) is 12.1 Å². The van der Waals surface area contributed by atoms with E-state index in [0.717, 1.165) is 35.3 Å². The number of thiocarbonyl (C=S) groups is 1. The van der Waals surface area contributed by atoms with Crippen LogP contribution in [0.3, 0.4) is 0 Å². The Bertz CT molecular complexity index is 1170. The lowest BCUT2D eigenvalue weighted by molar-refractivity contribution is -0.137. The van der Waals surface area contributed by atoms with Crippen molar-refractivity contribution in [3.05, 3.63) is 82.9 Å². The highest BCUT2D eigenvalue weighted by atomic mass is 32.1. The van der Waals surface area contributed by atoms with E-state index in [1.165, 1.54) is 12.1 Å². The summed E-state index contributed by atoms with van der Waals surface area (Å²) in [4.78, 5) is 8.82. The van der Waals surface area contributed by atoms with E-state index in [9.17, 15) is 13.2 Å². The van der Waals surface area contributed by atoms with Gasteiger partial charge in [0.2, 0.25) is 0 Å². The van der Waals surface area contributed by atoms with Gasteiger partial charge in [-0.15, -0.1) is 0 Å². The molecule has 1 aliphatic heterocycles. The second-order valence-electron chi connectivity index (χ2n) is 8.83. The monoisotopic (exact) mass is 487 g/mol. The van der Waals surface area contributed by atoms with Crippen LogP contribution in [0.25, 0.3) is 5.69 Å². The van der Waals surface area contributed by atoms with Gasteiger partial charge in [0.25, 0.3) is 0 Å². The SMILES string of the molecule is Cc1cc(C2C(c3ccccn3)NC(=S)N2CCN(C)C)c(C)n1-c1cccc(C(F)(F)F)c1. The van der Waals surface area contributed by atoms with E-state index in [0.29, 0.717) is 17.3 Å². The van der Waals surface area contributed by atoms with Crippen LogP contribution in [0.4, 0.5) is 13.2 Å². The number of alkyl halides is 3. The largest absolute Gasteiger partial charge is 0.416 e. The second kappa shape index (κ2) is 9.38. The maximum Gasteiger partial charge on any atom is 0.416 e. The zero-order valence-corrected chi connectivity index (χ0v) is 20.4. The third kappa shape index (κ3) is 4.67. The van der Waals surface area contributed by atoms with Gasteiger partial charge in [0.1, 0.15) is 0 Å². The normalized spacial score (nSPS) is 18.6. The van der Waals surface area contributed by atoms with Crippen LogP contribution in [0.2, 0.25) is 0 Å². The summed E-state index contributed by atoms with van der Waals surface area (Å²) in [6, 6.07) is 13.0. The Hall–Kier alpha value is -2.91. The summed E-state index contributed by atoms with van der Waals surface area (Å²) >= 11 is 5.72. The summed E-state index contributed by atoms with van der Waals surface area (Å²) in [7, 11) is 4.02. The molecule has 1 aliphatic rings. The molecule has 2 unspecified atom stereocenters. The molecule has 1 fully saturated rings. The number of aryl methyl sites for hydroxylation is 1. The first-order valence-electron chi connectivity index (χ1n) is 11.1. The van der Waals surface area contributed by atoms with Crippen molar-refractivity contribution in [1.29, 1.82) is 0 Å². The fourth-order valence-corrected chi connectivity index (χ4v) is 4.93. The topological polar surface area (TPSA) is 36.3 Å². The van der Waals surface area contributed by atoms with Gasteiger partial charge >= 0.3 is 6.18 Å². The number of aromatic nitrogens is 2. The summed E-state index contributed by atoms with van der Waals surface area (Å²) < 4.78 is 42.0. The Morgan fingerprint density at radius 1 is 1.09 bits per heavy atom. The van der Waals surface area contributed by atoms with Gasteiger partial charge in [0.05, 0.1) is 23.3 Å². The second-order valence-corrected chi connectivity index (χ2v) is 9.22. The van der Waals surface area contributed by atoms with E-state index in [2.05, 4.69) is 26.2 Å². The number of hydrogen-bond acceptors (Lipinski definition) is 3. The van der Waals surface area contributed by atoms with Crippen LogP contribution in [0.5, 0.6) is 0 Å². The first-order valence-corrected chi connectivity index (χ1v) is 11.5. The molecule has 2 atom stereocenters. The first-order chi connectivity index (χ1) is 16.1. The summed E-state index contributed by atoms with van der Waals surface area (Å²) in [6.45, 7) is 5.38. The minimum Gasteiger partial charge on any atom is -0.352 e. The highest BCUT2D eigenvalue weighted by Gasteiger charge is 2.41. The van der Waals surface area contributed by atoms with Crippen molar-refractivity contribution in [1.82, 2.24) is 24.7 Å². The van der Waals surface area contributed by atoms with Crippen molar-refractivity contribution in [3.8, 4) is 5.69 Å². The van der Waals surface area contributed by atoms with Crippen LogP contribution in [0.1, 0.15) is 40.3 Å². The Morgan fingerprint density at radius 3 is 2.50 bits per heavy atom. The number of nitrogens with one attached hydrogen (secondary N) is 1. The Balaban J connectivity index is 1.81. The molecule has 2 aromatic heterocycles. The van der Waals surface area contributed by atoms with Gasteiger partial charge < -0.3 is 19.7 Å². The van der Waals surface area contributed by atoms with Gasteiger partial charge in [-0.25, -0.2) is 0 Å². The van der Waals surface area contributed by atoms with Crippen LogP contribution in [-0.2, 0) is 6.18 Å². The lowest BCUT2D eigenvalue weighted by Gasteiger charge is -2.29. The number of hydrogen-bond donors (Lipinski definition) is 1. The fraction of sp³-hybridized carbons (Fsp3) is 0.360. The van der Waals surface area contributed by atoms with Crippen LogP contribution < -0.4 is 5.32 Å². The summed E-state index contributed by atoms with van der Waals surface area (Å²) in [5.41, 5.74) is 3.43. The van der Waals surface area contributed by atoms with Gasteiger partial charge in [-0.3, -0.25) is 4.98 Å². The van der Waals surface area contributed by atoms with Gasteiger partial charge in [0.15, 0.2) is 5.11 Å². The molecule has 3 heterocycles. The standard InChI is InChI=1S/C25H28F3N5S/c1-16-14-20(17(2)33(16)19-9-7-8-18(15-19)25(26,27)28)23-22(21-10-5-6-11-29-21)30-24(34)32(23)13-12-31(3)4/h5-11,14-15,22-23H,12-13H2,1-4H3,(H,30,34). The molecule has 0 radical (unpaired) electrons. The highest BCUT2D eigenvalue weighted by molar-refractivity contribution is 7.80. The molecule has 4 rings (SSSR count). The molecule has 0 saturated carbocycles. The van der Waals surface area contributed by atoms with E-state index in [4.69, 9.17) is 12.2 Å². The molecule has 9 heteroatoms. The number of likely N-dealkylation sites (N-methyl/N-ethyl adjacent to an activating group) is 1. The maximum atomic E-state index is 13.4. The van der Waals surface area contributed by atoms with Crippen LogP contribution in [0, 0.1) is 13.8 Å². The van der Waals surface area contributed by atoms with Gasteiger partial charge in [-0.05, 0) is 82.1 Å². The molecule has 0 spiro atoms. The average Bonchev–Trinajstić information content (AvgIpc) is 3.27. The van der Waals surface area contributed by atoms with Crippen molar-refractivity contribution in [2.24, 2.45) is 0 Å². The number of benzene rings is 1. The van der Waals surface area contributed by atoms with Gasteiger partial charge in [0, 0.05) is 36.4 Å². The minimum absolute atomic E-state index is 0.145. The number of pyridine rings is 1. The smallest absolute Gasteiger partial charge is 0.352 e.